The first-order chi connectivity index (χ1) is 8.70. The van der Waals surface area contributed by atoms with Gasteiger partial charge in [0.05, 0.1) is 6.10 Å². The smallest absolute Gasteiger partial charge is 0.179 e. The third kappa shape index (κ3) is 2.86. The van der Waals surface area contributed by atoms with Crippen LogP contribution in [0.1, 0.15) is 22.0 Å². The molecule has 0 fully saturated rings. The minimum atomic E-state index is -0.848. The molecule has 2 nitrogen and oxygen atoms in total. The van der Waals surface area contributed by atoms with Gasteiger partial charge in [0.1, 0.15) is 4.83 Å². The lowest BCUT2D eigenvalue weighted by Gasteiger charge is -2.16. The Morgan fingerprint density at radius 2 is 1.44 bits per heavy atom. The number of aliphatic hydroxyl groups excluding tert-OH is 1. The number of aliphatic hydroxyl groups is 1. The van der Waals surface area contributed by atoms with Crippen molar-refractivity contribution in [2.75, 3.05) is 0 Å². The number of carbonyl (C=O) groups is 1. The molecule has 0 saturated carbocycles. The van der Waals surface area contributed by atoms with E-state index in [2.05, 4.69) is 15.9 Å². The number of Topliss-reactive ketones (excluding diaryl/α,β-unsaturated/α-hetero) is 1. The van der Waals surface area contributed by atoms with Gasteiger partial charge in [0, 0.05) is 5.56 Å². The highest BCUT2D eigenvalue weighted by atomic mass is 79.9. The molecular weight excluding hydrogens is 292 g/mol. The molecule has 18 heavy (non-hydrogen) atoms. The summed E-state index contributed by atoms with van der Waals surface area (Å²) in [5.41, 5.74) is 1.32. The largest absolute Gasteiger partial charge is 0.387 e. The van der Waals surface area contributed by atoms with Gasteiger partial charge >= 0.3 is 0 Å². The van der Waals surface area contributed by atoms with Gasteiger partial charge in [-0.25, -0.2) is 0 Å². The first kappa shape index (κ1) is 13.0. The first-order valence-electron chi connectivity index (χ1n) is 5.66. The van der Waals surface area contributed by atoms with E-state index >= 15 is 0 Å². The van der Waals surface area contributed by atoms with Crippen LogP contribution < -0.4 is 0 Å². The van der Waals surface area contributed by atoms with E-state index in [-0.39, 0.29) is 5.78 Å². The summed E-state index contributed by atoms with van der Waals surface area (Å²) >= 11 is 3.28. The Morgan fingerprint density at radius 3 is 2.00 bits per heavy atom. The molecule has 2 aromatic rings. The lowest BCUT2D eigenvalue weighted by molar-refractivity contribution is 0.0903. The molecule has 2 atom stereocenters. The van der Waals surface area contributed by atoms with E-state index in [1.807, 2.05) is 36.4 Å². The monoisotopic (exact) mass is 304 g/mol. The van der Waals surface area contributed by atoms with E-state index in [0.29, 0.717) is 5.56 Å². The van der Waals surface area contributed by atoms with Gasteiger partial charge in [-0.15, -0.1) is 0 Å². The summed E-state index contributed by atoms with van der Waals surface area (Å²) < 4.78 is 0. The van der Waals surface area contributed by atoms with Crippen LogP contribution in [0.4, 0.5) is 0 Å². The summed E-state index contributed by atoms with van der Waals surface area (Å²) in [6.07, 6.45) is -0.848. The Labute approximate surface area is 114 Å². The van der Waals surface area contributed by atoms with Gasteiger partial charge in [-0.05, 0) is 5.56 Å². The number of hydrogen-bond acceptors (Lipinski definition) is 2. The SMILES string of the molecule is O=C(c1ccccc1)[C@@H](Br)[C@H](O)c1ccccc1. The van der Waals surface area contributed by atoms with E-state index in [4.69, 9.17) is 0 Å². The van der Waals surface area contributed by atoms with Crippen LogP contribution >= 0.6 is 15.9 Å². The molecule has 0 radical (unpaired) electrons. The molecule has 0 heterocycles. The molecule has 0 amide bonds. The van der Waals surface area contributed by atoms with Gasteiger partial charge in [-0.3, -0.25) is 4.79 Å². The van der Waals surface area contributed by atoms with Gasteiger partial charge in [-0.2, -0.15) is 0 Å². The Kier molecular flexibility index (Phi) is 4.28. The average Bonchev–Trinajstić information content (AvgIpc) is 2.47. The van der Waals surface area contributed by atoms with Crippen LogP contribution in [-0.2, 0) is 0 Å². The fraction of sp³-hybridized carbons (Fsp3) is 0.133. The summed E-state index contributed by atoms with van der Waals surface area (Å²) in [7, 11) is 0. The maximum Gasteiger partial charge on any atom is 0.179 e. The van der Waals surface area contributed by atoms with E-state index in [1.165, 1.54) is 0 Å². The Hall–Kier alpha value is -1.45. The van der Waals surface area contributed by atoms with Crippen LogP contribution in [0.3, 0.4) is 0 Å². The highest BCUT2D eigenvalue weighted by molar-refractivity contribution is 9.10. The van der Waals surface area contributed by atoms with Crippen molar-refractivity contribution < 1.29 is 9.90 Å². The quantitative estimate of drug-likeness (QED) is 0.694. The summed E-state index contributed by atoms with van der Waals surface area (Å²) in [5.74, 6) is -0.119. The highest BCUT2D eigenvalue weighted by Gasteiger charge is 2.25. The van der Waals surface area contributed by atoms with E-state index < -0.39 is 10.9 Å². The van der Waals surface area contributed by atoms with Crippen molar-refractivity contribution >= 4 is 21.7 Å². The Balaban J connectivity index is 2.17. The molecular formula is C15H13BrO2. The van der Waals surface area contributed by atoms with E-state index in [1.54, 1.807) is 24.3 Å². The molecule has 0 saturated heterocycles. The number of alkyl halides is 1. The number of hydrogen-bond donors (Lipinski definition) is 1. The summed E-state index contributed by atoms with van der Waals surface area (Å²) in [6.45, 7) is 0. The average molecular weight is 305 g/mol. The van der Waals surface area contributed by atoms with Crippen LogP contribution in [0, 0.1) is 0 Å². The molecule has 0 unspecified atom stereocenters. The topological polar surface area (TPSA) is 37.3 Å². The number of carbonyl (C=O) groups excluding carboxylic acids is 1. The number of benzene rings is 2. The maximum absolute atomic E-state index is 12.2. The van der Waals surface area contributed by atoms with E-state index in [9.17, 15) is 9.90 Å². The standard InChI is InChI=1S/C15H13BrO2/c16-13(14(17)11-7-3-1-4-8-11)15(18)12-9-5-2-6-10-12/h1-10,13-14,17H/t13-,14+/m0/s1. The van der Waals surface area contributed by atoms with Crippen molar-refractivity contribution in [2.24, 2.45) is 0 Å². The molecule has 0 aromatic heterocycles. The van der Waals surface area contributed by atoms with Crippen molar-refractivity contribution in [2.45, 2.75) is 10.9 Å². The third-order valence-electron chi connectivity index (χ3n) is 2.73. The van der Waals surface area contributed by atoms with Crippen LogP contribution in [0.25, 0.3) is 0 Å². The van der Waals surface area contributed by atoms with Crippen LogP contribution in [0.2, 0.25) is 0 Å². The summed E-state index contributed by atoms with van der Waals surface area (Å²) in [6, 6.07) is 18.1. The van der Waals surface area contributed by atoms with Gasteiger partial charge in [0.2, 0.25) is 0 Å². The van der Waals surface area contributed by atoms with Crippen molar-refractivity contribution in [3.05, 3.63) is 71.8 Å². The molecule has 0 bridgehead atoms. The zero-order chi connectivity index (χ0) is 13.0. The van der Waals surface area contributed by atoms with Crippen molar-refractivity contribution in [3.63, 3.8) is 0 Å². The molecule has 0 spiro atoms. The fourth-order valence-electron chi connectivity index (χ4n) is 1.72. The molecule has 92 valence electrons. The first-order valence-corrected chi connectivity index (χ1v) is 6.58. The second kappa shape index (κ2) is 5.94. The molecule has 0 aliphatic carbocycles. The zero-order valence-electron chi connectivity index (χ0n) is 9.66. The van der Waals surface area contributed by atoms with Crippen LogP contribution in [0.15, 0.2) is 60.7 Å². The second-order valence-electron chi connectivity index (χ2n) is 3.99. The van der Waals surface area contributed by atoms with Crippen molar-refractivity contribution in [1.82, 2.24) is 0 Å². The number of ketones is 1. The molecule has 1 N–H and O–H groups in total. The fourth-order valence-corrected chi connectivity index (χ4v) is 2.29. The minimum Gasteiger partial charge on any atom is -0.387 e. The predicted octanol–water partition coefficient (Wildman–Crippen LogP) is 3.37. The summed E-state index contributed by atoms with van der Waals surface area (Å²) in [5, 5.41) is 10.2. The van der Waals surface area contributed by atoms with E-state index in [0.717, 1.165) is 5.56 Å². The third-order valence-corrected chi connectivity index (χ3v) is 3.64. The van der Waals surface area contributed by atoms with Gasteiger partial charge < -0.3 is 5.11 Å². The molecule has 0 aliphatic rings. The molecule has 2 rings (SSSR count). The lowest BCUT2D eigenvalue weighted by atomic mass is 10.0. The van der Waals surface area contributed by atoms with Gasteiger partial charge in [-0.1, -0.05) is 76.6 Å². The van der Waals surface area contributed by atoms with Crippen LogP contribution in [-0.4, -0.2) is 15.7 Å². The van der Waals surface area contributed by atoms with Gasteiger partial charge in [0.25, 0.3) is 0 Å². The molecule has 0 aliphatic heterocycles. The normalized spacial score (nSPS) is 13.9. The Morgan fingerprint density at radius 1 is 0.944 bits per heavy atom. The predicted molar refractivity (Wildman–Crippen MR) is 74.9 cm³/mol. The minimum absolute atomic E-state index is 0.119. The Bertz CT molecular complexity index is 511. The molecule has 3 heteroatoms. The van der Waals surface area contributed by atoms with Crippen LogP contribution in [0.5, 0.6) is 0 Å². The maximum atomic E-state index is 12.2. The number of rotatable bonds is 4. The van der Waals surface area contributed by atoms with Gasteiger partial charge in [0.15, 0.2) is 5.78 Å². The number of halogens is 1. The molecule has 2 aromatic carbocycles. The highest BCUT2D eigenvalue weighted by Crippen LogP contribution is 2.25. The summed E-state index contributed by atoms with van der Waals surface area (Å²) in [4.78, 5) is 11.5. The lowest BCUT2D eigenvalue weighted by Crippen LogP contribution is -2.22. The van der Waals surface area contributed by atoms with Crippen molar-refractivity contribution in [1.29, 1.82) is 0 Å². The van der Waals surface area contributed by atoms with Crippen molar-refractivity contribution in [3.8, 4) is 0 Å². The zero-order valence-corrected chi connectivity index (χ0v) is 11.2. The second-order valence-corrected chi connectivity index (χ2v) is 4.97.